The second-order valence-corrected chi connectivity index (χ2v) is 8.07. The lowest BCUT2D eigenvalue weighted by Crippen LogP contribution is -2.36. The molecule has 9 nitrogen and oxygen atoms in total. The van der Waals surface area contributed by atoms with Crippen molar-refractivity contribution in [1.29, 1.82) is 0 Å². The van der Waals surface area contributed by atoms with Crippen LogP contribution >= 0.6 is 0 Å². The Bertz CT molecular complexity index is 875. The van der Waals surface area contributed by atoms with Crippen molar-refractivity contribution in [2.24, 2.45) is 0 Å². The summed E-state index contributed by atoms with van der Waals surface area (Å²) in [6.07, 6.45) is 1.17. The minimum atomic E-state index is -4.07. The fraction of sp³-hybridized carbons (Fsp3) is 0.438. The number of carboxylic acids is 1. The molecule has 0 bridgehead atoms. The van der Waals surface area contributed by atoms with Gasteiger partial charge in [-0.3, -0.25) is 14.4 Å². The number of ether oxygens (including phenoxy) is 1. The summed E-state index contributed by atoms with van der Waals surface area (Å²) in [5.74, 6) is -2.48. The number of fused-ring (bicyclic) bond motifs is 1. The number of aliphatic carboxylic acids is 1. The number of benzene rings is 1. The van der Waals surface area contributed by atoms with Gasteiger partial charge in [-0.1, -0.05) is 0 Å². The lowest BCUT2D eigenvalue weighted by Gasteiger charge is -2.18. The summed E-state index contributed by atoms with van der Waals surface area (Å²) in [5, 5.41) is 8.77. The number of nitrogens with zero attached hydrogens (tertiary/aromatic N) is 2. The molecule has 26 heavy (non-hydrogen) atoms. The Morgan fingerprint density at radius 1 is 1.38 bits per heavy atom. The van der Waals surface area contributed by atoms with Crippen LogP contribution in [0.4, 0.5) is 0 Å². The van der Waals surface area contributed by atoms with Crippen molar-refractivity contribution in [2.45, 2.75) is 23.8 Å². The molecule has 10 heteroatoms. The highest BCUT2D eigenvalue weighted by molar-refractivity contribution is 7.90. The Kier molecular flexibility index (Phi) is 4.72. The van der Waals surface area contributed by atoms with E-state index in [0.717, 1.165) is 21.7 Å². The second kappa shape index (κ2) is 6.69. The maximum atomic E-state index is 12.7. The summed E-state index contributed by atoms with van der Waals surface area (Å²) in [4.78, 5) is 36.2. The van der Waals surface area contributed by atoms with Crippen LogP contribution in [0, 0.1) is 0 Å². The van der Waals surface area contributed by atoms with Crippen LogP contribution in [0.1, 0.15) is 33.6 Å². The van der Waals surface area contributed by atoms with Gasteiger partial charge in [-0.05, 0) is 31.0 Å². The number of likely N-dealkylation sites (N-methyl/N-ethyl adjacent to an activating group) is 1. The molecule has 2 aliphatic heterocycles. The van der Waals surface area contributed by atoms with Gasteiger partial charge < -0.3 is 14.7 Å². The van der Waals surface area contributed by atoms with Crippen molar-refractivity contribution in [2.75, 3.05) is 26.7 Å². The highest BCUT2D eigenvalue weighted by Crippen LogP contribution is 2.32. The zero-order valence-electron chi connectivity index (χ0n) is 14.0. The molecule has 1 unspecified atom stereocenters. The third kappa shape index (κ3) is 3.17. The van der Waals surface area contributed by atoms with Crippen molar-refractivity contribution < 1.29 is 32.6 Å². The van der Waals surface area contributed by atoms with E-state index in [2.05, 4.69) is 0 Å². The van der Waals surface area contributed by atoms with E-state index in [-0.39, 0.29) is 28.7 Å². The zero-order chi connectivity index (χ0) is 19.1. The number of carbonyl (C=O) groups is 3. The van der Waals surface area contributed by atoms with Gasteiger partial charge in [0, 0.05) is 19.2 Å². The average molecular weight is 382 g/mol. The molecule has 1 aromatic carbocycles. The van der Waals surface area contributed by atoms with Crippen LogP contribution in [-0.4, -0.2) is 73.4 Å². The molecule has 0 saturated carbocycles. The number of carbonyl (C=O) groups excluding carboxylic acids is 2. The first kappa shape index (κ1) is 18.3. The molecule has 2 aliphatic rings. The summed E-state index contributed by atoms with van der Waals surface area (Å²) in [5.41, 5.74) is 0.00303. The summed E-state index contributed by atoms with van der Waals surface area (Å²) in [6, 6.07) is 3.73. The van der Waals surface area contributed by atoms with Crippen LogP contribution in [0.5, 0.6) is 0 Å². The molecular formula is C16H18N2O7S. The van der Waals surface area contributed by atoms with Gasteiger partial charge in [0.1, 0.15) is 11.4 Å². The van der Waals surface area contributed by atoms with Crippen molar-refractivity contribution >= 4 is 27.8 Å². The first-order valence-corrected chi connectivity index (χ1v) is 9.46. The van der Waals surface area contributed by atoms with Crippen molar-refractivity contribution in [3.63, 3.8) is 0 Å². The van der Waals surface area contributed by atoms with Gasteiger partial charge >= 0.3 is 5.97 Å². The molecular weight excluding hydrogens is 364 g/mol. The molecule has 3 rings (SSSR count). The van der Waals surface area contributed by atoms with E-state index < -0.39 is 34.4 Å². The fourth-order valence-corrected chi connectivity index (χ4v) is 4.68. The molecule has 1 saturated heterocycles. The minimum absolute atomic E-state index is 0.000402. The molecule has 0 aromatic heterocycles. The quantitative estimate of drug-likeness (QED) is 0.770. The van der Waals surface area contributed by atoms with Crippen LogP contribution in [-0.2, 0) is 19.6 Å². The highest BCUT2D eigenvalue weighted by atomic mass is 32.2. The lowest BCUT2D eigenvalue weighted by molar-refractivity contribution is -0.137. The maximum Gasteiger partial charge on any atom is 0.323 e. The number of sulfonamides is 1. The number of carboxylic acid groups (broad SMARTS) is 1. The molecule has 0 aliphatic carbocycles. The molecule has 1 N–H and O–H groups in total. The normalized spacial score (nSPS) is 20.9. The summed E-state index contributed by atoms with van der Waals surface area (Å²) in [6.45, 7) is -0.0426. The smallest absolute Gasteiger partial charge is 0.323 e. The molecule has 1 fully saturated rings. The van der Waals surface area contributed by atoms with E-state index >= 15 is 0 Å². The van der Waals surface area contributed by atoms with Crippen LogP contribution in [0.2, 0.25) is 0 Å². The third-order valence-electron chi connectivity index (χ3n) is 4.37. The van der Waals surface area contributed by atoms with Crippen molar-refractivity contribution in [3.05, 3.63) is 29.3 Å². The highest BCUT2D eigenvalue weighted by Gasteiger charge is 2.43. The van der Waals surface area contributed by atoms with Gasteiger partial charge in [0.05, 0.1) is 18.2 Å². The average Bonchev–Trinajstić information content (AvgIpc) is 3.15. The Morgan fingerprint density at radius 2 is 2.12 bits per heavy atom. The number of hydrogen-bond donors (Lipinski definition) is 1. The third-order valence-corrected chi connectivity index (χ3v) is 6.15. The molecule has 1 atom stereocenters. The number of rotatable bonds is 5. The van der Waals surface area contributed by atoms with E-state index in [9.17, 15) is 22.8 Å². The van der Waals surface area contributed by atoms with Crippen LogP contribution in [0.15, 0.2) is 23.1 Å². The summed E-state index contributed by atoms with van der Waals surface area (Å²) < 4.78 is 31.7. The Balaban J connectivity index is 1.90. The first-order valence-electron chi connectivity index (χ1n) is 8.02. The summed E-state index contributed by atoms with van der Waals surface area (Å²) in [7, 11) is -2.77. The lowest BCUT2D eigenvalue weighted by atomic mass is 10.1. The Labute approximate surface area is 150 Å². The van der Waals surface area contributed by atoms with Crippen molar-refractivity contribution in [1.82, 2.24) is 9.21 Å². The van der Waals surface area contributed by atoms with Gasteiger partial charge in [-0.25, -0.2) is 12.7 Å². The standard InChI is InChI=1S/C16H18N2O7S/c1-17(9-14(19)20)15(21)10-4-5-12-13(7-10)26(23,24)18(16(12)22)8-11-3-2-6-25-11/h4-5,7,11H,2-3,6,8-9H2,1H3,(H,19,20). The SMILES string of the molecule is CN(CC(=O)O)C(=O)c1ccc2c(c1)S(=O)(=O)N(CC1CCCO1)C2=O. The minimum Gasteiger partial charge on any atom is -0.480 e. The fourth-order valence-electron chi connectivity index (χ4n) is 3.06. The van der Waals surface area contributed by atoms with E-state index in [0.29, 0.717) is 13.0 Å². The van der Waals surface area contributed by atoms with Gasteiger partial charge in [-0.15, -0.1) is 0 Å². The van der Waals surface area contributed by atoms with Crippen molar-refractivity contribution in [3.8, 4) is 0 Å². The second-order valence-electron chi connectivity index (χ2n) is 6.24. The van der Waals surface area contributed by atoms with Crippen LogP contribution in [0.3, 0.4) is 0 Å². The van der Waals surface area contributed by atoms with Crippen LogP contribution in [0.25, 0.3) is 0 Å². The molecule has 2 amide bonds. The van der Waals surface area contributed by atoms with E-state index in [1.807, 2.05) is 0 Å². The number of amides is 2. The molecule has 140 valence electrons. The number of hydrogen-bond acceptors (Lipinski definition) is 6. The van der Waals surface area contributed by atoms with Gasteiger partial charge in [0.2, 0.25) is 0 Å². The van der Waals surface area contributed by atoms with E-state index in [4.69, 9.17) is 9.84 Å². The van der Waals surface area contributed by atoms with Gasteiger partial charge in [-0.2, -0.15) is 0 Å². The molecule has 1 aromatic rings. The van der Waals surface area contributed by atoms with E-state index in [1.165, 1.54) is 19.2 Å². The Morgan fingerprint density at radius 3 is 2.73 bits per heavy atom. The predicted octanol–water partition coefficient (Wildman–Crippen LogP) is 0.167. The zero-order valence-corrected chi connectivity index (χ0v) is 14.9. The van der Waals surface area contributed by atoms with Gasteiger partial charge in [0.15, 0.2) is 0 Å². The molecule has 2 heterocycles. The topological polar surface area (TPSA) is 121 Å². The largest absolute Gasteiger partial charge is 0.480 e. The first-order chi connectivity index (χ1) is 12.2. The molecule has 0 spiro atoms. The van der Waals surface area contributed by atoms with Crippen LogP contribution < -0.4 is 0 Å². The predicted molar refractivity (Wildman–Crippen MR) is 88.2 cm³/mol. The molecule has 0 radical (unpaired) electrons. The Hall–Kier alpha value is -2.46. The van der Waals surface area contributed by atoms with E-state index in [1.54, 1.807) is 0 Å². The maximum absolute atomic E-state index is 12.7. The summed E-state index contributed by atoms with van der Waals surface area (Å²) >= 11 is 0. The van der Waals surface area contributed by atoms with Gasteiger partial charge in [0.25, 0.3) is 21.8 Å². The monoisotopic (exact) mass is 382 g/mol.